The minimum absolute atomic E-state index is 0.429. The van der Waals surface area contributed by atoms with Gasteiger partial charge in [-0.2, -0.15) is 0 Å². The Morgan fingerprint density at radius 3 is 2.54 bits per heavy atom. The topological polar surface area (TPSA) is 20.2 Å². The van der Waals surface area contributed by atoms with Gasteiger partial charge >= 0.3 is 0 Å². The Morgan fingerprint density at radius 2 is 2.15 bits per heavy atom. The number of rotatable bonds is 6. The Labute approximate surface area is 90.0 Å². The molecule has 0 heterocycles. The minimum Gasteiger partial charge on any atom is -0.389 e. The summed E-state index contributed by atoms with van der Waals surface area (Å²) in [6, 6.07) is 0. The molecular weight excluding hydrogens is 207 g/mol. The Kier molecular flexibility index (Phi) is 7.44. The average molecular weight is 223 g/mol. The first-order chi connectivity index (χ1) is 6.11. The van der Waals surface area contributed by atoms with Gasteiger partial charge in [0.2, 0.25) is 0 Å². The van der Waals surface area contributed by atoms with Crippen LogP contribution in [0.1, 0.15) is 19.8 Å². The van der Waals surface area contributed by atoms with Gasteiger partial charge in [0, 0.05) is 11.8 Å². The van der Waals surface area contributed by atoms with Crippen LogP contribution in [0.2, 0.25) is 0 Å². The molecule has 76 valence electrons. The van der Waals surface area contributed by atoms with Crippen molar-refractivity contribution in [2.45, 2.75) is 25.9 Å². The summed E-state index contributed by atoms with van der Waals surface area (Å²) < 4.78 is 0. The Morgan fingerprint density at radius 1 is 1.54 bits per heavy atom. The number of alkyl halides is 2. The number of halogens is 2. The van der Waals surface area contributed by atoms with E-state index in [1.165, 1.54) is 0 Å². The van der Waals surface area contributed by atoms with Crippen molar-refractivity contribution in [3.63, 3.8) is 0 Å². The number of hydrogen-bond donors (Lipinski definition) is 1. The number of allylic oxidation sites excluding steroid dienone is 2. The molecular formula is C10H16Cl2O. The molecule has 0 aromatic rings. The molecule has 1 nitrogen and oxygen atoms in total. The van der Waals surface area contributed by atoms with Gasteiger partial charge < -0.3 is 5.11 Å². The summed E-state index contributed by atoms with van der Waals surface area (Å²) in [6.07, 6.45) is 2.91. The van der Waals surface area contributed by atoms with Crippen molar-refractivity contribution < 1.29 is 5.11 Å². The zero-order valence-electron chi connectivity index (χ0n) is 7.89. The largest absolute Gasteiger partial charge is 0.389 e. The van der Waals surface area contributed by atoms with Crippen LogP contribution in [-0.4, -0.2) is 23.0 Å². The van der Waals surface area contributed by atoms with E-state index in [2.05, 4.69) is 6.58 Å². The molecule has 0 fully saturated rings. The van der Waals surface area contributed by atoms with Crippen molar-refractivity contribution in [2.24, 2.45) is 0 Å². The van der Waals surface area contributed by atoms with E-state index in [0.717, 1.165) is 17.6 Å². The van der Waals surface area contributed by atoms with Crippen LogP contribution < -0.4 is 0 Å². The van der Waals surface area contributed by atoms with E-state index in [-0.39, 0.29) is 0 Å². The molecule has 0 bridgehead atoms. The van der Waals surface area contributed by atoms with Crippen LogP contribution in [0.15, 0.2) is 23.8 Å². The highest BCUT2D eigenvalue weighted by atomic mass is 35.5. The van der Waals surface area contributed by atoms with Crippen molar-refractivity contribution in [2.75, 3.05) is 11.8 Å². The summed E-state index contributed by atoms with van der Waals surface area (Å²) in [6.45, 7) is 5.49. The van der Waals surface area contributed by atoms with Gasteiger partial charge in [-0.1, -0.05) is 23.8 Å². The molecule has 0 saturated heterocycles. The highest BCUT2D eigenvalue weighted by molar-refractivity contribution is 6.20. The van der Waals surface area contributed by atoms with Crippen LogP contribution in [0.3, 0.4) is 0 Å². The average Bonchev–Trinajstić information content (AvgIpc) is 2.11. The molecule has 0 amide bonds. The number of aliphatic hydroxyl groups excluding tert-OH is 1. The molecule has 0 spiro atoms. The first-order valence-electron chi connectivity index (χ1n) is 4.25. The van der Waals surface area contributed by atoms with E-state index in [1.54, 1.807) is 0 Å². The minimum atomic E-state index is -0.429. The summed E-state index contributed by atoms with van der Waals surface area (Å²) >= 11 is 11.2. The van der Waals surface area contributed by atoms with E-state index in [1.807, 2.05) is 13.0 Å². The van der Waals surface area contributed by atoms with Crippen molar-refractivity contribution in [3.8, 4) is 0 Å². The van der Waals surface area contributed by atoms with E-state index in [0.29, 0.717) is 18.2 Å². The van der Waals surface area contributed by atoms with Crippen LogP contribution in [0.4, 0.5) is 0 Å². The first kappa shape index (κ1) is 13.0. The maximum absolute atomic E-state index is 9.44. The normalized spacial score (nSPS) is 14.3. The molecule has 0 saturated carbocycles. The maximum Gasteiger partial charge on any atom is 0.0747 e. The standard InChI is InChI=1S/C10H16Cl2O/c1-8(2)10(13)4-3-9(7-12)5-6-11/h5,10,13H,1,3-4,6-7H2,2H3. The van der Waals surface area contributed by atoms with Gasteiger partial charge in [-0.15, -0.1) is 23.2 Å². The molecule has 0 rings (SSSR count). The maximum atomic E-state index is 9.44. The fraction of sp³-hybridized carbons (Fsp3) is 0.600. The van der Waals surface area contributed by atoms with Crippen LogP contribution >= 0.6 is 23.2 Å². The number of hydrogen-bond acceptors (Lipinski definition) is 1. The Hall–Kier alpha value is 0.0200. The lowest BCUT2D eigenvalue weighted by Gasteiger charge is -2.10. The van der Waals surface area contributed by atoms with Gasteiger partial charge in [-0.3, -0.25) is 0 Å². The van der Waals surface area contributed by atoms with E-state index >= 15 is 0 Å². The fourth-order valence-corrected chi connectivity index (χ4v) is 1.36. The highest BCUT2D eigenvalue weighted by Gasteiger charge is 2.05. The summed E-state index contributed by atoms with van der Waals surface area (Å²) in [4.78, 5) is 0. The SMILES string of the molecule is C=C(C)C(O)CCC(=CCCl)CCl. The summed E-state index contributed by atoms with van der Waals surface area (Å²) in [5, 5.41) is 9.44. The summed E-state index contributed by atoms with van der Waals surface area (Å²) in [5.41, 5.74) is 1.87. The van der Waals surface area contributed by atoms with Gasteiger partial charge in [-0.05, 0) is 19.8 Å². The van der Waals surface area contributed by atoms with Gasteiger partial charge in [0.1, 0.15) is 0 Å². The fourth-order valence-electron chi connectivity index (χ4n) is 0.901. The third-order valence-electron chi connectivity index (χ3n) is 1.85. The lowest BCUT2D eigenvalue weighted by molar-refractivity contribution is 0.201. The monoisotopic (exact) mass is 222 g/mol. The zero-order valence-corrected chi connectivity index (χ0v) is 9.41. The predicted octanol–water partition coefficient (Wildman–Crippen LogP) is 3.11. The summed E-state index contributed by atoms with van der Waals surface area (Å²) in [5.74, 6) is 0.959. The molecule has 0 aliphatic carbocycles. The Bertz CT molecular complexity index is 187. The van der Waals surface area contributed by atoms with Gasteiger partial charge in [-0.25, -0.2) is 0 Å². The first-order valence-corrected chi connectivity index (χ1v) is 5.32. The molecule has 0 aromatic carbocycles. The van der Waals surface area contributed by atoms with Gasteiger partial charge in [0.25, 0.3) is 0 Å². The second-order valence-corrected chi connectivity index (χ2v) is 3.63. The third-order valence-corrected chi connectivity index (χ3v) is 2.34. The molecule has 13 heavy (non-hydrogen) atoms. The predicted molar refractivity (Wildman–Crippen MR) is 59.6 cm³/mol. The second-order valence-electron chi connectivity index (χ2n) is 3.05. The summed E-state index contributed by atoms with van der Waals surface area (Å²) in [7, 11) is 0. The molecule has 1 atom stereocenters. The zero-order chi connectivity index (χ0) is 10.3. The molecule has 0 radical (unpaired) electrons. The third kappa shape index (κ3) is 6.14. The van der Waals surface area contributed by atoms with Crippen molar-refractivity contribution in [3.05, 3.63) is 23.8 Å². The molecule has 1 N–H and O–H groups in total. The molecule has 1 unspecified atom stereocenters. The van der Waals surface area contributed by atoms with Crippen molar-refractivity contribution >= 4 is 23.2 Å². The number of aliphatic hydroxyl groups is 1. The van der Waals surface area contributed by atoms with Crippen LogP contribution in [0.5, 0.6) is 0 Å². The van der Waals surface area contributed by atoms with E-state index < -0.39 is 6.10 Å². The Balaban J connectivity index is 3.85. The van der Waals surface area contributed by atoms with Crippen molar-refractivity contribution in [1.82, 2.24) is 0 Å². The highest BCUT2D eigenvalue weighted by Crippen LogP contribution is 2.13. The van der Waals surface area contributed by atoms with E-state index in [4.69, 9.17) is 23.2 Å². The van der Waals surface area contributed by atoms with Gasteiger partial charge in [0.15, 0.2) is 0 Å². The molecule has 0 aliphatic rings. The van der Waals surface area contributed by atoms with Gasteiger partial charge in [0.05, 0.1) is 6.10 Å². The lowest BCUT2D eigenvalue weighted by Crippen LogP contribution is -2.07. The molecule has 3 heteroatoms. The lowest BCUT2D eigenvalue weighted by atomic mass is 10.0. The van der Waals surface area contributed by atoms with Crippen LogP contribution in [0, 0.1) is 0 Å². The smallest absolute Gasteiger partial charge is 0.0747 e. The molecule has 0 aromatic heterocycles. The van der Waals surface area contributed by atoms with Crippen LogP contribution in [0.25, 0.3) is 0 Å². The van der Waals surface area contributed by atoms with Crippen LogP contribution in [-0.2, 0) is 0 Å². The quantitative estimate of drug-likeness (QED) is 0.541. The molecule has 0 aliphatic heterocycles. The second kappa shape index (κ2) is 7.43. The van der Waals surface area contributed by atoms with Crippen molar-refractivity contribution in [1.29, 1.82) is 0 Å². The van der Waals surface area contributed by atoms with E-state index in [9.17, 15) is 5.11 Å².